The van der Waals surface area contributed by atoms with Gasteiger partial charge in [-0.3, -0.25) is 19.3 Å². The molecule has 1 amide bonds. The molecule has 2 aromatic heterocycles. The van der Waals surface area contributed by atoms with Gasteiger partial charge in [0.25, 0.3) is 5.91 Å². The minimum absolute atomic E-state index is 0.00477. The van der Waals surface area contributed by atoms with Gasteiger partial charge in [-0.05, 0) is 62.6 Å². The Labute approximate surface area is 291 Å². The predicted octanol–water partition coefficient (Wildman–Crippen LogP) is 4.55. The Hall–Kier alpha value is -3.79. The number of aromatic nitrogens is 4. The van der Waals surface area contributed by atoms with Crippen LogP contribution >= 0.6 is 11.6 Å². The SMILES string of the molecule is C[C@H]1CN2CCC[C@@]2(COc2nc3c(c(N4CCCn5nc(C(=O)N(C)C)c(Cl)c5C4)n2)CN(CC#N)[C@@]2(CCc4cccc(F)c42)C3)C1. The van der Waals surface area contributed by atoms with Gasteiger partial charge in [-0.15, -0.1) is 0 Å². The molecule has 3 atom stereocenters. The molecule has 4 aliphatic heterocycles. The highest BCUT2D eigenvalue weighted by Gasteiger charge is 2.51. The summed E-state index contributed by atoms with van der Waals surface area (Å²) in [6.45, 7) is 7.24. The van der Waals surface area contributed by atoms with Crippen molar-refractivity contribution in [2.45, 2.75) is 82.6 Å². The van der Waals surface area contributed by atoms with Crippen LogP contribution in [0.25, 0.3) is 0 Å². The van der Waals surface area contributed by atoms with Gasteiger partial charge in [0.2, 0.25) is 0 Å². The van der Waals surface area contributed by atoms with Crippen molar-refractivity contribution in [3.63, 3.8) is 0 Å². The molecule has 1 spiro atoms. The molecule has 6 heterocycles. The number of anilines is 1. The Morgan fingerprint density at radius 3 is 2.86 bits per heavy atom. The number of nitrogens with zero attached hydrogens (tertiary/aromatic N) is 9. The van der Waals surface area contributed by atoms with Crippen LogP contribution < -0.4 is 9.64 Å². The first kappa shape index (κ1) is 32.4. The zero-order valence-corrected chi connectivity index (χ0v) is 29.3. The van der Waals surface area contributed by atoms with Crippen LogP contribution in [-0.4, -0.2) is 92.8 Å². The first-order chi connectivity index (χ1) is 23.6. The Morgan fingerprint density at radius 1 is 1.18 bits per heavy atom. The standard InChI is InChI=1S/C36H43ClFN9O2/c1-23-17-35(10-5-14-45(35)19-23)22-49-34-40-27-18-36(11-9-24-7-4-8-26(38)29(24)36)46(16-12-39)20-25(27)32(41-34)44-13-6-15-47-28(21-44)30(37)31(42-47)33(48)43(2)3/h4,7-8,23H,5-6,9-11,13-22H2,1-3H3/t23-,35+,36+/m1/s1. The van der Waals surface area contributed by atoms with Gasteiger partial charge in [-0.25, -0.2) is 4.39 Å². The van der Waals surface area contributed by atoms with E-state index in [1.807, 2.05) is 10.7 Å². The van der Waals surface area contributed by atoms with E-state index < -0.39 is 5.54 Å². The van der Waals surface area contributed by atoms with Gasteiger partial charge in [0.15, 0.2) is 5.69 Å². The maximum atomic E-state index is 15.7. The summed E-state index contributed by atoms with van der Waals surface area (Å²) in [5.41, 5.74) is 3.74. The lowest BCUT2D eigenvalue weighted by Crippen LogP contribution is -2.50. The Balaban J connectivity index is 1.21. The number of benzene rings is 1. The third-order valence-corrected chi connectivity index (χ3v) is 12.0. The molecule has 0 unspecified atom stereocenters. The maximum Gasteiger partial charge on any atom is 0.318 e. The number of aryl methyl sites for hydroxylation is 2. The largest absolute Gasteiger partial charge is 0.461 e. The van der Waals surface area contributed by atoms with Crippen LogP contribution in [0.3, 0.4) is 0 Å². The van der Waals surface area contributed by atoms with E-state index in [-0.39, 0.29) is 29.5 Å². The molecule has 13 heteroatoms. The van der Waals surface area contributed by atoms with E-state index in [0.717, 1.165) is 73.5 Å². The smallest absolute Gasteiger partial charge is 0.318 e. The minimum atomic E-state index is -0.684. The zero-order chi connectivity index (χ0) is 34.1. The second kappa shape index (κ2) is 12.2. The zero-order valence-electron chi connectivity index (χ0n) is 28.5. The molecule has 5 aliphatic rings. The van der Waals surface area contributed by atoms with Crippen molar-refractivity contribution in [2.75, 3.05) is 51.8 Å². The molecule has 2 fully saturated rings. The average molecular weight is 688 g/mol. The molecule has 8 rings (SSSR count). The third kappa shape index (κ3) is 5.27. The van der Waals surface area contributed by atoms with Gasteiger partial charge in [0, 0.05) is 57.8 Å². The number of halogens is 2. The van der Waals surface area contributed by atoms with Gasteiger partial charge < -0.3 is 14.5 Å². The Kier molecular flexibility index (Phi) is 8.08. The lowest BCUT2D eigenvalue weighted by Gasteiger charge is -2.45. The van der Waals surface area contributed by atoms with Crippen molar-refractivity contribution in [3.05, 3.63) is 62.8 Å². The fourth-order valence-electron chi connectivity index (χ4n) is 9.44. The first-order valence-electron chi connectivity index (χ1n) is 17.5. The summed E-state index contributed by atoms with van der Waals surface area (Å²) in [5.74, 6) is 0.872. The highest BCUT2D eigenvalue weighted by Crippen LogP contribution is 2.50. The topological polar surface area (TPSA) is 107 Å². The van der Waals surface area contributed by atoms with Gasteiger partial charge in [0.05, 0.1) is 46.6 Å². The van der Waals surface area contributed by atoms with Gasteiger partial charge in [-0.1, -0.05) is 30.7 Å². The second-order valence-corrected chi connectivity index (χ2v) is 15.3. The summed E-state index contributed by atoms with van der Waals surface area (Å²) in [4.78, 5) is 31.5. The monoisotopic (exact) mass is 687 g/mol. The minimum Gasteiger partial charge on any atom is -0.461 e. The molecular weight excluding hydrogens is 645 g/mol. The van der Waals surface area contributed by atoms with E-state index in [2.05, 4.69) is 32.8 Å². The van der Waals surface area contributed by atoms with Crippen LogP contribution in [0.15, 0.2) is 18.2 Å². The summed E-state index contributed by atoms with van der Waals surface area (Å²) in [5, 5.41) is 15.0. The molecule has 3 aromatic rings. The Morgan fingerprint density at radius 2 is 2.04 bits per heavy atom. The number of carbonyl (C=O) groups excluding carboxylic acids is 1. The highest BCUT2D eigenvalue weighted by molar-refractivity contribution is 6.34. The number of rotatable bonds is 6. The molecular formula is C36H43ClFN9O2. The second-order valence-electron chi connectivity index (χ2n) is 14.9. The number of fused-ring (bicyclic) bond motifs is 5. The van der Waals surface area contributed by atoms with E-state index in [0.29, 0.717) is 68.1 Å². The van der Waals surface area contributed by atoms with E-state index >= 15 is 4.39 Å². The van der Waals surface area contributed by atoms with E-state index in [1.54, 1.807) is 20.2 Å². The van der Waals surface area contributed by atoms with Gasteiger partial charge in [-0.2, -0.15) is 20.3 Å². The van der Waals surface area contributed by atoms with Crippen molar-refractivity contribution in [1.82, 2.24) is 34.4 Å². The lowest BCUT2D eigenvalue weighted by molar-refractivity contribution is 0.0724. The van der Waals surface area contributed by atoms with Crippen LogP contribution in [-0.2, 0) is 38.0 Å². The third-order valence-electron chi connectivity index (χ3n) is 11.6. The summed E-state index contributed by atoms with van der Waals surface area (Å²) in [7, 11) is 3.38. The number of nitriles is 1. The van der Waals surface area contributed by atoms with Crippen LogP contribution in [0, 0.1) is 23.1 Å². The maximum absolute atomic E-state index is 15.7. The summed E-state index contributed by atoms with van der Waals surface area (Å²) < 4.78 is 24.2. The van der Waals surface area contributed by atoms with Crippen LogP contribution in [0.5, 0.6) is 6.01 Å². The van der Waals surface area contributed by atoms with Crippen LogP contribution in [0.4, 0.5) is 10.2 Å². The Bertz CT molecular complexity index is 1860. The molecule has 0 N–H and O–H groups in total. The number of ether oxygens (including phenoxy) is 1. The molecule has 0 saturated carbocycles. The van der Waals surface area contributed by atoms with E-state index in [1.165, 1.54) is 11.0 Å². The van der Waals surface area contributed by atoms with Gasteiger partial charge >= 0.3 is 6.01 Å². The molecule has 2 saturated heterocycles. The van der Waals surface area contributed by atoms with E-state index in [9.17, 15) is 10.1 Å². The van der Waals surface area contributed by atoms with Gasteiger partial charge in [0.1, 0.15) is 18.2 Å². The first-order valence-corrected chi connectivity index (χ1v) is 17.9. The highest BCUT2D eigenvalue weighted by atomic mass is 35.5. The van der Waals surface area contributed by atoms with Crippen molar-refractivity contribution in [1.29, 1.82) is 5.26 Å². The molecule has 49 heavy (non-hydrogen) atoms. The van der Waals surface area contributed by atoms with Crippen LogP contribution in [0.1, 0.15) is 77.6 Å². The summed E-state index contributed by atoms with van der Waals surface area (Å²) >= 11 is 6.88. The average Bonchev–Trinajstić information content (AvgIpc) is 3.76. The molecule has 0 radical (unpaired) electrons. The molecule has 1 aromatic carbocycles. The number of hydrogen-bond acceptors (Lipinski definition) is 9. The number of carbonyl (C=O) groups is 1. The molecule has 258 valence electrons. The number of hydrogen-bond donors (Lipinski definition) is 0. The lowest BCUT2D eigenvalue weighted by atomic mass is 9.80. The normalized spacial score (nSPS) is 26.2. The fourth-order valence-corrected chi connectivity index (χ4v) is 9.72. The summed E-state index contributed by atoms with van der Waals surface area (Å²) in [6, 6.07) is 8.00. The number of amides is 1. The van der Waals surface area contributed by atoms with Crippen LogP contribution in [0.2, 0.25) is 5.02 Å². The quantitative estimate of drug-likeness (QED) is 0.345. The van der Waals surface area contributed by atoms with E-state index in [4.69, 9.17) is 26.3 Å². The van der Waals surface area contributed by atoms with Crippen molar-refractivity contribution >= 4 is 23.3 Å². The molecule has 0 bridgehead atoms. The fraction of sp³-hybridized carbons (Fsp3) is 0.583. The molecule has 1 aliphatic carbocycles. The summed E-state index contributed by atoms with van der Waals surface area (Å²) in [6.07, 6.45) is 6.01. The van der Waals surface area contributed by atoms with Crippen molar-refractivity contribution in [3.8, 4) is 12.1 Å². The van der Waals surface area contributed by atoms with Crippen molar-refractivity contribution < 1.29 is 13.9 Å². The predicted molar refractivity (Wildman–Crippen MR) is 182 cm³/mol. The van der Waals surface area contributed by atoms with Crippen molar-refractivity contribution in [2.24, 2.45) is 5.92 Å². The molecule has 11 nitrogen and oxygen atoms in total.